The molecule has 3 aromatic carbocycles. The molecule has 0 aromatic heterocycles. The van der Waals surface area contributed by atoms with Crippen molar-refractivity contribution in [3.63, 3.8) is 0 Å². The van der Waals surface area contributed by atoms with Crippen LogP contribution in [0.1, 0.15) is 16.7 Å². The van der Waals surface area contributed by atoms with E-state index in [0.717, 1.165) is 42.1 Å². The van der Waals surface area contributed by atoms with Crippen LogP contribution in [0, 0.1) is 6.92 Å². The van der Waals surface area contributed by atoms with E-state index in [2.05, 4.69) is 55.4 Å². The lowest BCUT2D eigenvalue weighted by atomic mass is 10.1. The van der Waals surface area contributed by atoms with E-state index in [9.17, 15) is 0 Å². The van der Waals surface area contributed by atoms with Crippen LogP contribution in [0.25, 0.3) is 0 Å². The van der Waals surface area contributed by atoms with Gasteiger partial charge in [-0.2, -0.15) is 0 Å². The summed E-state index contributed by atoms with van der Waals surface area (Å²) < 4.78 is 8.13. The molecule has 3 aromatic rings. The highest BCUT2D eigenvalue weighted by Gasteiger charge is 2.06. The highest BCUT2D eigenvalue weighted by Crippen LogP contribution is 2.26. The second-order valence-electron chi connectivity index (χ2n) is 5.98. The molecule has 3 rings (SSSR count). The molecule has 0 fully saturated rings. The minimum absolute atomic E-state index is 0.526. The highest BCUT2D eigenvalue weighted by molar-refractivity contribution is 9.10. The number of aryl methyl sites for hydroxylation is 1. The summed E-state index contributed by atoms with van der Waals surface area (Å²) in [6, 6.07) is 20.2. The Morgan fingerprint density at radius 1 is 0.923 bits per heavy atom. The summed E-state index contributed by atoms with van der Waals surface area (Å²) in [5.41, 5.74) is 4.26. The number of nitrogens with one attached hydrogen (secondary N) is 1. The SMILES string of the molecule is Cc1ccc(NCc2cc(Br)ccc2OCc2ccc(Br)cc2)cc1Cl. The third-order valence-corrected chi connectivity index (χ3v) is 5.41. The monoisotopic (exact) mass is 493 g/mol. The van der Waals surface area contributed by atoms with Crippen molar-refractivity contribution in [3.8, 4) is 5.75 Å². The quantitative estimate of drug-likeness (QED) is 0.386. The molecule has 0 bridgehead atoms. The number of rotatable bonds is 6. The third-order valence-electron chi connectivity index (χ3n) is 3.98. The lowest BCUT2D eigenvalue weighted by molar-refractivity contribution is 0.303. The van der Waals surface area contributed by atoms with Crippen LogP contribution >= 0.6 is 43.5 Å². The van der Waals surface area contributed by atoms with Gasteiger partial charge < -0.3 is 10.1 Å². The van der Waals surface area contributed by atoms with Gasteiger partial charge in [-0.3, -0.25) is 0 Å². The zero-order valence-corrected chi connectivity index (χ0v) is 18.2. The van der Waals surface area contributed by atoms with Crippen molar-refractivity contribution in [2.45, 2.75) is 20.1 Å². The van der Waals surface area contributed by atoms with E-state index >= 15 is 0 Å². The molecule has 0 saturated carbocycles. The Morgan fingerprint density at radius 2 is 1.65 bits per heavy atom. The van der Waals surface area contributed by atoms with Crippen LogP contribution in [-0.4, -0.2) is 0 Å². The van der Waals surface area contributed by atoms with Gasteiger partial charge in [0, 0.05) is 31.8 Å². The van der Waals surface area contributed by atoms with Crippen LogP contribution in [0.4, 0.5) is 5.69 Å². The van der Waals surface area contributed by atoms with Crippen LogP contribution in [0.2, 0.25) is 5.02 Å². The molecule has 134 valence electrons. The van der Waals surface area contributed by atoms with E-state index in [-0.39, 0.29) is 0 Å². The molecule has 0 unspecified atom stereocenters. The van der Waals surface area contributed by atoms with E-state index < -0.39 is 0 Å². The largest absolute Gasteiger partial charge is 0.489 e. The molecule has 0 saturated heterocycles. The van der Waals surface area contributed by atoms with Crippen molar-refractivity contribution >= 4 is 49.1 Å². The first kappa shape index (κ1) is 19.3. The Balaban J connectivity index is 1.70. The van der Waals surface area contributed by atoms with Gasteiger partial charge in [0.15, 0.2) is 0 Å². The van der Waals surface area contributed by atoms with Gasteiger partial charge in [0.1, 0.15) is 12.4 Å². The first-order chi connectivity index (χ1) is 12.5. The second-order valence-corrected chi connectivity index (χ2v) is 8.22. The molecule has 0 atom stereocenters. The molecule has 0 aliphatic rings. The normalized spacial score (nSPS) is 10.6. The predicted molar refractivity (Wildman–Crippen MR) is 116 cm³/mol. The topological polar surface area (TPSA) is 21.3 Å². The Hall–Kier alpha value is -1.49. The minimum Gasteiger partial charge on any atom is -0.489 e. The van der Waals surface area contributed by atoms with Gasteiger partial charge in [-0.05, 0) is 60.5 Å². The third kappa shape index (κ3) is 5.26. The van der Waals surface area contributed by atoms with Gasteiger partial charge in [-0.25, -0.2) is 0 Å². The molecule has 0 radical (unpaired) electrons. The number of hydrogen-bond acceptors (Lipinski definition) is 2. The second kappa shape index (κ2) is 8.94. The maximum Gasteiger partial charge on any atom is 0.124 e. The standard InChI is InChI=1S/C21H18Br2ClNO/c1-14-2-8-19(11-20(14)24)25-12-16-10-18(23)7-9-21(16)26-13-15-3-5-17(22)6-4-15/h2-11,25H,12-13H2,1H3. The zero-order chi connectivity index (χ0) is 18.5. The van der Waals surface area contributed by atoms with Gasteiger partial charge in [0.05, 0.1) is 0 Å². The Morgan fingerprint density at radius 3 is 2.38 bits per heavy atom. The number of ether oxygens (including phenoxy) is 1. The molecule has 0 aliphatic carbocycles. The summed E-state index contributed by atoms with van der Waals surface area (Å²) in [6.45, 7) is 3.17. The molecule has 26 heavy (non-hydrogen) atoms. The number of halogens is 3. The van der Waals surface area contributed by atoms with Crippen molar-refractivity contribution < 1.29 is 4.74 Å². The summed E-state index contributed by atoms with van der Waals surface area (Å²) >= 11 is 13.2. The van der Waals surface area contributed by atoms with Gasteiger partial charge in [-0.1, -0.05) is 61.7 Å². The van der Waals surface area contributed by atoms with E-state index in [0.29, 0.717) is 13.2 Å². The molecular formula is C21H18Br2ClNO. The first-order valence-corrected chi connectivity index (χ1v) is 10.1. The smallest absolute Gasteiger partial charge is 0.124 e. The average Bonchev–Trinajstić information content (AvgIpc) is 2.63. The molecule has 0 heterocycles. The Bertz CT molecular complexity index is 897. The fraction of sp³-hybridized carbons (Fsp3) is 0.143. The zero-order valence-electron chi connectivity index (χ0n) is 14.2. The van der Waals surface area contributed by atoms with Crippen molar-refractivity contribution in [1.82, 2.24) is 0 Å². The molecule has 1 N–H and O–H groups in total. The fourth-order valence-electron chi connectivity index (χ4n) is 2.47. The number of anilines is 1. The van der Waals surface area contributed by atoms with Gasteiger partial charge >= 0.3 is 0 Å². The van der Waals surface area contributed by atoms with E-state index in [4.69, 9.17) is 16.3 Å². The summed E-state index contributed by atoms with van der Waals surface area (Å²) in [6.07, 6.45) is 0. The lowest BCUT2D eigenvalue weighted by Gasteiger charge is -2.14. The van der Waals surface area contributed by atoms with Gasteiger partial charge in [0.2, 0.25) is 0 Å². The molecular weight excluding hydrogens is 477 g/mol. The Kier molecular flexibility index (Phi) is 6.63. The van der Waals surface area contributed by atoms with Gasteiger partial charge in [0.25, 0.3) is 0 Å². The maximum atomic E-state index is 6.21. The predicted octanol–water partition coefficient (Wildman–Crippen LogP) is 7.36. The van der Waals surface area contributed by atoms with Crippen molar-refractivity contribution in [1.29, 1.82) is 0 Å². The van der Waals surface area contributed by atoms with Crippen molar-refractivity contribution in [2.75, 3.05) is 5.32 Å². The number of hydrogen-bond donors (Lipinski definition) is 1. The summed E-state index contributed by atoms with van der Waals surface area (Å²) in [5.74, 6) is 0.863. The fourth-order valence-corrected chi connectivity index (χ4v) is 3.32. The Labute approximate surface area is 175 Å². The van der Waals surface area contributed by atoms with Crippen LogP contribution < -0.4 is 10.1 Å². The summed E-state index contributed by atoms with van der Waals surface area (Å²) in [4.78, 5) is 0. The van der Waals surface area contributed by atoms with Gasteiger partial charge in [-0.15, -0.1) is 0 Å². The van der Waals surface area contributed by atoms with Crippen molar-refractivity contribution in [2.24, 2.45) is 0 Å². The minimum atomic E-state index is 0.526. The molecule has 0 spiro atoms. The summed E-state index contributed by atoms with van der Waals surface area (Å²) in [5, 5.41) is 4.17. The van der Waals surface area contributed by atoms with Crippen LogP contribution in [-0.2, 0) is 13.2 Å². The molecule has 0 aliphatic heterocycles. The van der Waals surface area contributed by atoms with Crippen LogP contribution in [0.3, 0.4) is 0 Å². The molecule has 0 amide bonds. The molecule has 5 heteroatoms. The number of benzene rings is 3. The average molecular weight is 496 g/mol. The van der Waals surface area contributed by atoms with Crippen molar-refractivity contribution in [3.05, 3.63) is 91.3 Å². The highest BCUT2D eigenvalue weighted by atomic mass is 79.9. The summed E-state index contributed by atoms with van der Waals surface area (Å²) in [7, 11) is 0. The lowest BCUT2D eigenvalue weighted by Crippen LogP contribution is -2.04. The first-order valence-electron chi connectivity index (χ1n) is 8.17. The molecule has 2 nitrogen and oxygen atoms in total. The maximum absolute atomic E-state index is 6.21. The van der Waals surface area contributed by atoms with Crippen LogP contribution in [0.15, 0.2) is 69.6 Å². The van der Waals surface area contributed by atoms with E-state index in [1.165, 1.54) is 0 Å². The van der Waals surface area contributed by atoms with E-state index in [1.807, 2.05) is 49.4 Å². The van der Waals surface area contributed by atoms with E-state index in [1.54, 1.807) is 0 Å². The van der Waals surface area contributed by atoms with Crippen LogP contribution in [0.5, 0.6) is 5.75 Å².